The van der Waals surface area contributed by atoms with Crippen molar-refractivity contribution in [2.45, 2.75) is 90.5 Å². The molecule has 0 saturated heterocycles. The van der Waals surface area contributed by atoms with Gasteiger partial charge in [-0.15, -0.1) is 0 Å². The van der Waals surface area contributed by atoms with Gasteiger partial charge in [0.25, 0.3) is 5.91 Å². The SMILES string of the molecule is CCC(C)CCCC(=O)CCCCCCC(=O)CCN(O)C(=O)[C@@H](N)CO. The molecule has 0 bridgehead atoms. The fourth-order valence-electron chi connectivity index (χ4n) is 2.71. The van der Waals surface area contributed by atoms with Gasteiger partial charge in [-0.3, -0.25) is 19.6 Å². The summed E-state index contributed by atoms with van der Waals surface area (Å²) in [5.74, 6) is 0.209. The maximum Gasteiger partial charge on any atom is 0.265 e. The van der Waals surface area contributed by atoms with Gasteiger partial charge in [0, 0.05) is 25.7 Å². The number of ketones is 2. The van der Waals surface area contributed by atoms with E-state index in [4.69, 9.17) is 10.8 Å². The Morgan fingerprint density at radius 2 is 1.44 bits per heavy atom. The van der Waals surface area contributed by atoms with Gasteiger partial charge in [-0.25, -0.2) is 5.06 Å². The molecule has 0 heterocycles. The summed E-state index contributed by atoms with van der Waals surface area (Å²) in [5.41, 5.74) is 5.31. The first-order chi connectivity index (χ1) is 12.8. The molecule has 0 aliphatic rings. The molecule has 1 amide bonds. The van der Waals surface area contributed by atoms with Crippen molar-refractivity contribution in [3.05, 3.63) is 0 Å². The molecule has 0 saturated carbocycles. The van der Waals surface area contributed by atoms with E-state index in [1.165, 1.54) is 0 Å². The fraction of sp³-hybridized carbons (Fsp3) is 0.850. The largest absolute Gasteiger partial charge is 0.394 e. The lowest BCUT2D eigenvalue weighted by molar-refractivity contribution is -0.168. The first kappa shape index (κ1) is 25.7. The van der Waals surface area contributed by atoms with Crippen LogP contribution in [-0.4, -0.2) is 52.0 Å². The highest BCUT2D eigenvalue weighted by Gasteiger charge is 2.19. The second kappa shape index (κ2) is 15.7. The molecule has 0 radical (unpaired) electrons. The fourth-order valence-corrected chi connectivity index (χ4v) is 2.71. The Hall–Kier alpha value is -1.31. The molecule has 0 rings (SSSR count). The number of nitrogens with zero attached hydrogens (tertiary/aromatic N) is 1. The van der Waals surface area contributed by atoms with E-state index in [-0.39, 0.29) is 18.7 Å². The number of Topliss-reactive ketones (excluding diaryl/α,β-unsaturated/α-hetero) is 2. The monoisotopic (exact) mass is 386 g/mol. The predicted molar refractivity (Wildman–Crippen MR) is 104 cm³/mol. The summed E-state index contributed by atoms with van der Waals surface area (Å²) in [5, 5.41) is 18.6. The number of rotatable bonds is 17. The van der Waals surface area contributed by atoms with Gasteiger partial charge in [-0.1, -0.05) is 39.5 Å². The molecule has 7 nitrogen and oxygen atoms in total. The molecule has 1 unspecified atom stereocenters. The van der Waals surface area contributed by atoms with Gasteiger partial charge in [-0.05, 0) is 25.2 Å². The van der Waals surface area contributed by atoms with Crippen molar-refractivity contribution in [1.29, 1.82) is 0 Å². The molecule has 2 atom stereocenters. The molecule has 0 aromatic rings. The molecule has 158 valence electrons. The Morgan fingerprint density at radius 3 is 1.96 bits per heavy atom. The van der Waals surface area contributed by atoms with Crippen molar-refractivity contribution >= 4 is 17.5 Å². The lowest BCUT2D eigenvalue weighted by Gasteiger charge is -2.17. The lowest BCUT2D eigenvalue weighted by atomic mass is 9.99. The second-order valence-corrected chi connectivity index (χ2v) is 7.40. The number of unbranched alkanes of at least 4 members (excludes halogenated alkanes) is 3. The zero-order valence-electron chi connectivity index (χ0n) is 17.0. The Kier molecular flexibility index (Phi) is 15.0. The third-order valence-corrected chi connectivity index (χ3v) is 4.88. The summed E-state index contributed by atoms with van der Waals surface area (Å²) in [4.78, 5) is 35.0. The van der Waals surface area contributed by atoms with Gasteiger partial charge in [0.05, 0.1) is 13.2 Å². The maximum atomic E-state index is 11.8. The van der Waals surface area contributed by atoms with Crippen molar-refractivity contribution in [2.75, 3.05) is 13.2 Å². The maximum absolute atomic E-state index is 11.8. The van der Waals surface area contributed by atoms with Crippen LogP contribution in [0.4, 0.5) is 0 Å². The Balaban J connectivity index is 3.63. The molecule has 0 aromatic heterocycles. The zero-order valence-corrected chi connectivity index (χ0v) is 17.0. The van der Waals surface area contributed by atoms with E-state index in [2.05, 4.69) is 13.8 Å². The Bertz CT molecular complexity index is 442. The third kappa shape index (κ3) is 13.5. The van der Waals surface area contributed by atoms with Crippen LogP contribution in [0.2, 0.25) is 0 Å². The minimum Gasteiger partial charge on any atom is -0.394 e. The first-order valence-electron chi connectivity index (χ1n) is 10.2. The van der Waals surface area contributed by atoms with E-state index < -0.39 is 18.6 Å². The molecule has 4 N–H and O–H groups in total. The predicted octanol–water partition coefficient (Wildman–Crippen LogP) is 2.61. The van der Waals surface area contributed by atoms with Crippen LogP contribution in [0.3, 0.4) is 0 Å². The number of carbonyl (C=O) groups is 3. The normalized spacial score (nSPS) is 13.2. The van der Waals surface area contributed by atoms with E-state index in [1.807, 2.05) is 0 Å². The molecule has 0 spiro atoms. The van der Waals surface area contributed by atoms with Gasteiger partial charge in [0.2, 0.25) is 0 Å². The topological polar surface area (TPSA) is 121 Å². The molecular formula is C20H38N2O5. The summed E-state index contributed by atoms with van der Waals surface area (Å²) in [6.45, 7) is 3.72. The quantitative estimate of drug-likeness (QED) is 0.201. The van der Waals surface area contributed by atoms with Gasteiger partial charge >= 0.3 is 0 Å². The minimum absolute atomic E-state index is 0.0273. The minimum atomic E-state index is -1.16. The van der Waals surface area contributed by atoms with Crippen molar-refractivity contribution in [1.82, 2.24) is 5.06 Å². The van der Waals surface area contributed by atoms with E-state index in [1.54, 1.807) is 0 Å². The van der Waals surface area contributed by atoms with Crippen LogP contribution in [-0.2, 0) is 14.4 Å². The molecule has 0 fully saturated rings. The van der Waals surface area contributed by atoms with E-state index >= 15 is 0 Å². The van der Waals surface area contributed by atoms with Crippen LogP contribution in [0.1, 0.15) is 84.5 Å². The molecule has 0 aromatic carbocycles. The number of hydrogen-bond acceptors (Lipinski definition) is 6. The van der Waals surface area contributed by atoms with Crippen molar-refractivity contribution in [2.24, 2.45) is 11.7 Å². The second-order valence-electron chi connectivity index (χ2n) is 7.40. The highest BCUT2D eigenvalue weighted by Crippen LogP contribution is 2.13. The van der Waals surface area contributed by atoms with Crippen LogP contribution in [0, 0.1) is 5.92 Å². The van der Waals surface area contributed by atoms with Crippen molar-refractivity contribution in [3.8, 4) is 0 Å². The molecule has 7 heteroatoms. The van der Waals surface area contributed by atoms with Crippen LogP contribution in [0.5, 0.6) is 0 Å². The highest BCUT2D eigenvalue weighted by atomic mass is 16.5. The number of aliphatic hydroxyl groups excluding tert-OH is 1. The summed E-state index contributed by atoms with van der Waals surface area (Å²) >= 11 is 0. The molecule has 27 heavy (non-hydrogen) atoms. The number of amides is 1. The summed E-state index contributed by atoms with van der Waals surface area (Å²) in [6, 6.07) is -1.16. The number of aliphatic hydroxyl groups is 1. The average molecular weight is 387 g/mol. The molecular weight excluding hydrogens is 348 g/mol. The van der Waals surface area contributed by atoms with Gasteiger partial charge < -0.3 is 10.8 Å². The van der Waals surface area contributed by atoms with Gasteiger partial charge in [0.1, 0.15) is 17.6 Å². The number of nitrogens with two attached hydrogens (primary N) is 1. The Labute approximate surface area is 163 Å². The van der Waals surface area contributed by atoms with Crippen molar-refractivity contribution < 1.29 is 24.7 Å². The van der Waals surface area contributed by atoms with Crippen molar-refractivity contribution in [3.63, 3.8) is 0 Å². The summed E-state index contributed by atoms with van der Waals surface area (Å²) in [7, 11) is 0. The lowest BCUT2D eigenvalue weighted by Crippen LogP contribution is -2.44. The van der Waals surface area contributed by atoms with Crippen LogP contribution in [0.25, 0.3) is 0 Å². The van der Waals surface area contributed by atoms with E-state index in [9.17, 15) is 19.6 Å². The third-order valence-electron chi connectivity index (χ3n) is 4.88. The Morgan fingerprint density at radius 1 is 0.926 bits per heavy atom. The number of carbonyl (C=O) groups excluding carboxylic acids is 3. The zero-order chi connectivity index (χ0) is 20.7. The number of hydroxylamine groups is 2. The number of hydrogen-bond donors (Lipinski definition) is 3. The molecule has 0 aliphatic carbocycles. The van der Waals surface area contributed by atoms with Crippen LogP contribution in [0.15, 0.2) is 0 Å². The molecule has 0 aliphatic heterocycles. The average Bonchev–Trinajstić information content (AvgIpc) is 2.67. The van der Waals surface area contributed by atoms with Crippen LogP contribution < -0.4 is 5.73 Å². The van der Waals surface area contributed by atoms with E-state index in [0.717, 1.165) is 44.9 Å². The summed E-state index contributed by atoms with van der Waals surface area (Å²) in [6.07, 6.45) is 8.47. The first-order valence-corrected chi connectivity index (χ1v) is 10.2. The van der Waals surface area contributed by atoms with Crippen LogP contribution >= 0.6 is 0 Å². The van der Waals surface area contributed by atoms with E-state index in [0.29, 0.717) is 36.0 Å². The standard InChI is InChI=1S/C20H38N2O5/c1-3-16(2)9-8-12-17(24)10-6-4-5-7-11-18(25)13-14-22(27)20(26)19(21)15-23/h16,19,23,27H,3-15,21H2,1-2H3/t16?,19-/m0/s1. The van der Waals surface area contributed by atoms with Gasteiger partial charge in [-0.2, -0.15) is 0 Å². The van der Waals surface area contributed by atoms with Gasteiger partial charge in [0.15, 0.2) is 0 Å². The highest BCUT2D eigenvalue weighted by molar-refractivity contribution is 5.82. The summed E-state index contributed by atoms with van der Waals surface area (Å²) < 4.78 is 0. The smallest absolute Gasteiger partial charge is 0.265 e.